The predicted octanol–water partition coefficient (Wildman–Crippen LogP) is 9.61. The molecule has 0 unspecified atom stereocenters. The Labute approximate surface area is 241 Å². The van der Waals surface area contributed by atoms with Gasteiger partial charge in [0.15, 0.2) is 0 Å². The smallest absolute Gasteiger partial charge is 0.255 e. The molecule has 1 amide bonds. The van der Waals surface area contributed by atoms with Gasteiger partial charge in [-0.05, 0) is 68.8 Å². The largest absolute Gasteiger partial charge is 0.322 e. The summed E-state index contributed by atoms with van der Waals surface area (Å²) in [6.07, 6.45) is 0. The highest BCUT2D eigenvalue weighted by atomic mass is 16.1. The number of carbonyl (C=O) groups is 1. The van der Waals surface area contributed by atoms with Crippen molar-refractivity contribution < 1.29 is 4.79 Å². The Kier molecular flexibility index (Phi) is 7.64. The first-order valence-electron chi connectivity index (χ1n) is 13.7. The number of hydrogen-bond acceptors (Lipinski definition) is 1. The number of hydrogen-bond donors (Lipinski definition) is 1. The molecule has 0 atom stereocenters. The van der Waals surface area contributed by atoms with E-state index in [1.165, 1.54) is 11.1 Å². The van der Waals surface area contributed by atoms with Crippen LogP contribution in [0, 0.1) is 0 Å². The van der Waals surface area contributed by atoms with Gasteiger partial charge >= 0.3 is 0 Å². The van der Waals surface area contributed by atoms with Gasteiger partial charge in [-0.2, -0.15) is 0 Å². The monoisotopic (exact) mass is 527 g/mol. The van der Waals surface area contributed by atoms with Crippen molar-refractivity contribution in [3.05, 3.63) is 198 Å². The van der Waals surface area contributed by atoms with Gasteiger partial charge in [0, 0.05) is 11.3 Å². The normalized spacial score (nSPS) is 10.5. The molecule has 0 aliphatic heterocycles. The summed E-state index contributed by atoms with van der Waals surface area (Å²) in [6.45, 7) is 0. The summed E-state index contributed by atoms with van der Waals surface area (Å²) in [7, 11) is 0. The Hall–Kier alpha value is -5.47. The summed E-state index contributed by atoms with van der Waals surface area (Å²) in [5.41, 5.74) is 10.5. The molecule has 0 spiro atoms. The maximum absolute atomic E-state index is 12.7. The van der Waals surface area contributed by atoms with Gasteiger partial charge in [0.25, 0.3) is 5.91 Å². The Morgan fingerprint density at radius 3 is 1.32 bits per heavy atom. The van der Waals surface area contributed by atoms with Crippen molar-refractivity contribution in [2.24, 2.45) is 0 Å². The first-order valence-corrected chi connectivity index (χ1v) is 13.7. The molecule has 41 heavy (non-hydrogen) atoms. The lowest BCUT2D eigenvalue weighted by atomic mass is 9.83. The van der Waals surface area contributed by atoms with Crippen LogP contribution in [-0.2, 0) is 0 Å². The summed E-state index contributed by atoms with van der Waals surface area (Å²) in [5, 5.41) is 3.01. The van der Waals surface area contributed by atoms with Crippen molar-refractivity contribution in [1.29, 1.82) is 0 Å². The van der Waals surface area contributed by atoms with Gasteiger partial charge in [-0.3, -0.25) is 4.79 Å². The summed E-state index contributed by atoms with van der Waals surface area (Å²) in [5.74, 6) is -0.122. The highest BCUT2D eigenvalue weighted by molar-refractivity contribution is 6.07. The van der Waals surface area contributed by atoms with Crippen molar-refractivity contribution in [1.82, 2.24) is 0 Å². The number of carbonyl (C=O) groups excluding carboxylic acids is 1. The molecular formula is C39H29NO. The van der Waals surface area contributed by atoms with Gasteiger partial charge in [0.2, 0.25) is 0 Å². The van der Waals surface area contributed by atoms with Crippen molar-refractivity contribution in [2.45, 2.75) is 0 Å². The second kappa shape index (κ2) is 12.1. The third-order valence-electron chi connectivity index (χ3n) is 7.12. The van der Waals surface area contributed by atoms with Crippen LogP contribution < -0.4 is 5.32 Å². The molecule has 6 aromatic carbocycles. The molecule has 2 nitrogen and oxygen atoms in total. The molecule has 0 aromatic heterocycles. The molecule has 0 saturated carbocycles. The molecule has 0 heterocycles. The van der Waals surface area contributed by atoms with Crippen molar-refractivity contribution in [2.75, 3.05) is 5.32 Å². The van der Waals surface area contributed by atoms with E-state index in [9.17, 15) is 4.79 Å². The molecule has 1 N–H and O–H groups in total. The minimum Gasteiger partial charge on any atom is -0.322 e. The molecular weight excluding hydrogens is 498 g/mol. The van der Waals surface area contributed by atoms with Crippen LogP contribution in [0.1, 0.15) is 32.6 Å². The van der Waals surface area contributed by atoms with Crippen molar-refractivity contribution in [3.8, 4) is 11.1 Å². The first-order chi connectivity index (χ1) is 20.3. The second-order valence-electron chi connectivity index (χ2n) is 9.79. The number of anilines is 1. The Bertz CT molecular complexity index is 1730. The van der Waals surface area contributed by atoms with Crippen LogP contribution in [0.5, 0.6) is 0 Å². The van der Waals surface area contributed by atoms with Gasteiger partial charge in [0.1, 0.15) is 0 Å². The highest BCUT2D eigenvalue weighted by Crippen LogP contribution is 2.40. The standard InChI is InChI=1S/C39H29NO/c41-39(33-21-11-4-12-22-33)40-34-27-25-29(26-28-34)35-23-13-14-24-36(35)38(32-19-9-3-10-20-32)37(30-15-5-1-6-16-30)31-17-7-2-8-18-31/h1-28H,(H,40,41). The molecule has 0 bridgehead atoms. The topological polar surface area (TPSA) is 29.1 Å². The summed E-state index contributed by atoms with van der Waals surface area (Å²) < 4.78 is 0. The van der Waals surface area contributed by atoms with Crippen LogP contribution in [-0.4, -0.2) is 5.91 Å². The van der Waals surface area contributed by atoms with E-state index < -0.39 is 0 Å². The minimum atomic E-state index is -0.122. The van der Waals surface area contributed by atoms with Gasteiger partial charge in [0.05, 0.1) is 0 Å². The van der Waals surface area contributed by atoms with Crippen LogP contribution in [0.2, 0.25) is 0 Å². The molecule has 6 rings (SSSR count). The first kappa shape index (κ1) is 25.8. The fourth-order valence-corrected chi connectivity index (χ4v) is 5.18. The van der Waals surface area contributed by atoms with E-state index >= 15 is 0 Å². The fraction of sp³-hybridized carbons (Fsp3) is 0. The van der Waals surface area contributed by atoms with Crippen molar-refractivity contribution in [3.63, 3.8) is 0 Å². The maximum atomic E-state index is 12.7. The van der Waals surface area contributed by atoms with E-state index in [0.717, 1.165) is 39.1 Å². The van der Waals surface area contributed by atoms with E-state index in [2.05, 4.69) is 133 Å². The average molecular weight is 528 g/mol. The van der Waals surface area contributed by atoms with E-state index in [0.29, 0.717) is 5.56 Å². The third kappa shape index (κ3) is 5.78. The molecule has 6 aromatic rings. The second-order valence-corrected chi connectivity index (χ2v) is 9.79. The summed E-state index contributed by atoms with van der Waals surface area (Å²) in [6, 6.07) is 57.7. The lowest BCUT2D eigenvalue weighted by Crippen LogP contribution is -2.11. The predicted molar refractivity (Wildman–Crippen MR) is 171 cm³/mol. The minimum absolute atomic E-state index is 0.122. The molecule has 0 fully saturated rings. The summed E-state index contributed by atoms with van der Waals surface area (Å²) in [4.78, 5) is 12.7. The SMILES string of the molecule is O=C(Nc1ccc(-c2ccccc2C(=C(c2ccccc2)c2ccccc2)c2ccccc2)cc1)c1ccccc1. The average Bonchev–Trinajstić information content (AvgIpc) is 3.05. The summed E-state index contributed by atoms with van der Waals surface area (Å²) >= 11 is 0. The van der Waals surface area contributed by atoms with Gasteiger partial charge in [-0.15, -0.1) is 0 Å². The number of rotatable bonds is 7. The number of benzene rings is 6. The molecule has 2 heteroatoms. The molecule has 0 aliphatic carbocycles. The zero-order chi connectivity index (χ0) is 27.9. The number of nitrogens with one attached hydrogen (secondary N) is 1. The van der Waals surface area contributed by atoms with E-state index in [1.54, 1.807) is 0 Å². The quantitative estimate of drug-likeness (QED) is 0.206. The van der Waals surface area contributed by atoms with Crippen molar-refractivity contribution >= 4 is 22.7 Å². The van der Waals surface area contributed by atoms with E-state index in [1.807, 2.05) is 42.5 Å². The van der Waals surface area contributed by atoms with Gasteiger partial charge in [-0.25, -0.2) is 0 Å². The zero-order valence-corrected chi connectivity index (χ0v) is 22.6. The number of amides is 1. The Morgan fingerprint density at radius 1 is 0.390 bits per heavy atom. The van der Waals surface area contributed by atoms with Gasteiger partial charge < -0.3 is 5.32 Å². The van der Waals surface area contributed by atoms with E-state index in [4.69, 9.17) is 0 Å². The van der Waals surface area contributed by atoms with Crippen LogP contribution in [0.15, 0.2) is 170 Å². The molecule has 196 valence electrons. The fourth-order valence-electron chi connectivity index (χ4n) is 5.18. The van der Waals surface area contributed by atoms with Crippen LogP contribution in [0.3, 0.4) is 0 Å². The van der Waals surface area contributed by atoms with Gasteiger partial charge in [-0.1, -0.05) is 146 Å². The highest BCUT2D eigenvalue weighted by Gasteiger charge is 2.19. The lowest BCUT2D eigenvalue weighted by Gasteiger charge is -2.20. The maximum Gasteiger partial charge on any atom is 0.255 e. The van der Waals surface area contributed by atoms with Crippen LogP contribution in [0.25, 0.3) is 22.3 Å². The van der Waals surface area contributed by atoms with E-state index in [-0.39, 0.29) is 5.91 Å². The zero-order valence-electron chi connectivity index (χ0n) is 22.6. The van der Waals surface area contributed by atoms with Crippen LogP contribution in [0.4, 0.5) is 5.69 Å². The van der Waals surface area contributed by atoms with Crippen LogP contribution >= 0.6 is 0 Å². The molecule has 0 aliphatic rings. The Balaban J connectivity index is 1.49. The lowest BCUT2D eigenvalue weighted by molar-refractivity contribution is 0.102. The molecule has 0 radical (unpaired) electrons. The third-order valence-corrected chi connectivity index (χ3v) is 7.12. The Morgan fingerprint density at radius 2 is 0.805 bits per heavy atom. The molecule has 0 saturated heterocycles.